The number of hydrogen-bond acceptors (Lipinski definition) is 3. The quantitative estimate of drug-likeness (QED) is 0.792. The van der Waals surface area contributed by atoms with E-state index in [9.17, 15) is 0 Å². The Kier molecular flexibility index (Phi) is 6.03. The molecule has 0 aliphatic carbocycles. The summed E-state index contributed by atoms with van der Waals surface area (Å²) in [6.07, 6.45) is 3.42. The van der Waals surface area contributed by atoms with Crippen LogP contribution in [0.3, 0.4) is 0 Å². The van der Waals surface area contributed by atoms with Crippen LogP contribution in [0, 0.1) is 0 Å². The Labute approximate surface area is 103 Å². The number of hydrogen-bond donors (Lipinski definition) is 1. The molecule has 0 aliphatic rings. The monoisotopic (exact) mass is 240 g/mol. The van der Waals surface area contributed by atoms with Crippen LogP contribution in [0.1, 0.15) is 44.0 Å². The van der Waals surface area contributed by atoms with E-state index >= 15 is 0 Å². The summed E-state index contributed by atoms with van der Waals surface area (Å²) in [7, 11) is 2.18. The van der Waals surface area contributed by atoms with E-state index in [2.05, 4.69) is 43.3 Å². The molecule has 0 radical (unpaired) electrons. The summed E-state index contributed by atoms with van der Waals surface area (Å²) >= 11 is 1.83. The van der Waals surface area contributed by atoms with Crippen LogP contribution in [0.5, 0.6) is 0 Å². The van der Waals surface area contributed by atoms with Crippen molar-refractivity contribution in [3.05, 3.63) is 22.4 Å². The van der Waals surface area contributed by atoms with E-state index in [4.69, 9.17) is 5.73 Å². The highest BCUT2D eigenvalue weighted by Gasteiger charge is 2.13. The molecule has 0 saturated heterocycles. The lowest BCUT2D eigenvalue weighted by atomic mass is 10.1. The first-order chi connectivity index (χ1) is 7.65. The molecule has 92 valence electrons. The van der Waals surface area contributed by atoms with Gasteiger partial charge in [0.15, 0.2) is 0 Å². The molecule has 1 heterocycles. The van der Waals surface area contributed by atoms with E-state index in [1.165, 1.54) is 11.3 Å². The first-order valence-electron chi connectivity index (χ1n) is 6.14. The number of nitrogens with two attached hydrogens (primary N) is 1. The molecule has 2 unspecified atom stereocenters. The van der Waals surface area contributed by atoms with Crippen molar-refractivity contribution in [2.75, 3.05) is 13.6 Å². The zero-order valence-corrected chi connectivity index (χ0v) is 11.5. The van der Waals surface area contributed by atoms with Crippen molar-refractivity contribution in [1.29, 1.82) is 0 Å². The molecule has 0 fully saturated rings. The summed E-state index contributed by atoms with van der Waals surface area (Å²) in [5, 5.41) is 2.14. The van der Waals surface area contributed by atoms with Gasteiger partial charge in [-0.05, 0) is 44.8 Å². The van der Waals surface area contributed by atoms with Crippen molar-refractivity contribution < 1.29 is 0 Å². The van der Waals surface area contributed by atoms with Crippen LogP contribution in [0.25, 0.3) is 0 Å². The molecule has 0 spiro atoms. The number of nitrogens with zero attached hydrogens (tertiary/aromatic N) is 1. The van der Waals surface area contributed by atoms with Crippen LogP contribution in [0.15, 0.2) is 17.5 Å². The molecule has 2 atom stereocenters. The Hall–Kier alpha value is -0.380. The van der Waals surface area contributed by atoms with Crippen molar-refractivity contribution in [3.63, 3.8) is 0 Å². The molecule has 2 nitrogen and oxygen atoms in total. The number of rotatable bonds is 7. The second-order valence-corrected chi connectivity index (χ2v) is 5.49. The Morgan fingerprint density at radius 1 is 1.44 bits per heavy atom. The van der Waals surface area contributed by atoms with Crippen LogP contribution in [-0.2, 0) is 0 Å². The van der Waals surface area contributed by atoms with Gasteiger partial charge >= 0.3 is 0 Å². The van der Waals surface area contributed by atoms with Gasteiger partial charge in [-0.1, -0.05) is 19.4 Å². The van der Waals surface area contributed by atoms with Gasteiger partial charge in [0.05, 0.1) is 0 Å². The molecule has 16 heavy (non-hydrogen) atoms. The minimum atomic E-state index is 0.364. The van der Waals surface area contributed by atoms with Crippen LogP contribution >= 0.6 is 11.3 Å². The average molecular weight is 240 g/mol. The highest BCUT2D eigenvalue weighted by molar-refractivity contribution is 7.10. The van der Waals surface area contributed by atoms with Crippen molar-refractivity contribution in [2.45, 2.75) is 45.2 Å². The zero-order chi connectivity index (χ0) is 12.0. The largest absolute Gasteiger partial charge is 0.328 e. The molecule has 0 aliphatic heterocycles. The van der Waals surface area contributed by atoms with Crippen LogP contribution in [-0.4, -0.2) is 24.5 Å². The third kappa shape index (κ3) is 4.24. The minimum Gasteiger partial charge on any atom is -0.328 e. The van der Waals surface area contributed by atoms with Crippen LogP contribution in [0.4, 0.5) is 0 Å². The number of thiophene rings is 1. The Bertz CT molecular complexity index is 271. The van der Waals surface area contributed by atoms with Gasteiger partial charge in [0.2, 0.25) is 0 Å². The second kappa shape index (κ2) is 7.05. The topological polar surface area (TPSA) is 29.3 Å². The fraction of sp³-hybridized carbons (Fsp3) is 0.692. The average Bonchev–Trinajstić information content (AvgIpc) is 2.78. The molecule has 3 heteroatoms. The maximum absolute atomic E-state index is 6.03. The SMILES string of the molecule is CCCC(N)CCN(C)C(C)c1cccs1. The first-order valence-corrected chi connectivity index (χ1v) is 7.02. The fourth-order valence-corrected chi connectivity index (χ4v) is 2.67. The molecule has 0 bridgehead atoms. The lowest BCUT2D eigenvalue weighted by molar-refractivity contribution is 0.252. The van der Waals surface area contributed by atoms with E-state index in [0.29, 0.717) is 12.1 Å². The Balaban J connectivity index is 2.32. The van der Waals surface area contributed by atoms with E-state index < -0.39 is 0 Å². The third-order valence-electron chi connectivity index (χ3n) is 3.13. The maximum Gasteiger partial charge on any atom is 0.0410 e. The van der Waals surface area contributed by atoms with Crippen molar-refractivity contribution in [2.24, 2.45) is 5.73 Å². The van der Waals surface area contributed by atoms with E-state index in [-0.39, 0.29) is 0 Å². The molecule has 0 amide bonds. The van der Waals surface area contributed by atoms with E-state index in [0.717, 1.165) is 19.4 Å². The van der Waals surface area contributed by atoms with Crippen molar-refractivity contribution in [1.82, 2.24) is 4.90 Å². The first kappa shape index (κ1) is 13.7. The molecular weight excluding hydrogens is 216 g/mol. The third-order valence-corrected chi connectivity index (χ3v) is 4.17. The van der Waals surface area contributed by atoms with E-state index in [1.54, 1.807) is 0 Å². The Morgan fingerprint density at radius 2 is 2.19 bits per heavy atom. The maximum atomic E-state index is 6.03. The van der Waals surface area contributed by atoms with E-state index in [1.807, 2.05) is 11.3 Å². The van der Waals surface area contributed by atoms with Crippen molar-refractivity contribution in [3.8, 4) is 0 Å². The summed E-state index contributed by atoms with van der Waals surface area (Å²) in [4.78, 5) is 3.83. The lowest BCUT2D eigenvalue weighted by Gasteiger charge is -2.25. The highest BCUT2D eigenvalue weighted by atomic mass is 32.1. The van der Waals surface area contributed by atoms with Gasteiger partial charge in [-0.2, -0.15) is 0 Å². The van der Waals surface area contributed by atoms with Gasteiger partial charge in [-0.3, -0.25) is 4.90 Å². The summed E-state index contributed by atoms with van der Waals surface area (Å²) < 4.78 is 0. The molecule has 1 aromatic heterocycles. The lowest BCUT2D eigenvalue weighted by Crippen LogP contribution is -2.29. The molecule has 0 aromatic carbocycles. The van der Waals surface area contributed by atoms with Gasteiger partial charge in [0, 0.05) is 17.0 Å². The summed E-state index contributed by atoms with van der Waals surface area (Å²) in [6.45, 7) is 5.54. The minimum absolute atomic E-state index is 0.364. The van der Waals surface area contributed by atoms with Gasteiger partial charge in [0.25, 0.3) is 0 Å². The van der Waals surface area contributed by atoms with Crippen LogP contribution in [0.2, 0.25) is 0 Å². The summed E-state index contributed by atoms with van der Waals surface area (Å²) in [5.41, 5.74) is 6.03. The van der Waals surface area contributed by atoms with Crippen molar-refractivity contribution >= 4 is 11.3 Å². The molecule has 0 saturated carbocycles. The smallest absolute Gasteiger partial charge is 0.0410 e. The second-order valence-electron chi connectivity index (χ2n) is 4.51. The van der Waals surface area contributed by atoms with Gasteiger partial charge in [-0.25, -0.2) is 0 Å². The zero-order valence-electron chi connectivity index (χ0n) is 10.6. The summed E-state index contributed by atoms with van der Waals surface area (Å²) in [5.74, 6) is 0. The fourth-order valence-electron chi connectivity index (χ4n) is 1.82. The molecular formula is C13H24N2S. The molecule has 2 N–H and O–H groups in total. The predicted octanol–water partition coefficient (Wildman–Crippen LogP) is 3.26. The molecule has 1 aromatic rings. The molecule has 1 rings (SSSR count). The highest BCUT2D eigenvalue weighted by Crippen LogP contribution is 2.23. The van der Waals surface area contributed by atoms with Gasteiger partial charge in [-0.15, -0.1) is 11.3 Å². The predicted molar refractivity (Wildman–Crippen MR) is 72.9 cm³/mol. The normalized spacial score (nSPS) is 15.3. The van der Waals surface area contributed by atoms with Crippen LogP contribution < -0.4 is 5.73 Å². The summed E-state index contributed by atoms with van der Waals surface area (Å²) in [6, 6.07) is 5.20. The van der Waals surface area contributed by atoms with Gasteiger partial charge < -0.3 is 5.73 Å². The standard InChI is InChI=1S/C13H24N2S/c1-4-6-12(14)8-9-15(3)11(2)13-7-5-10-16-13/h5,7,10-12H,4,6,8-9,14H2,1-3H3. The van der Waals surface area contributed by atoms with Gasteiger partial charge in [0.1, 0.15) is 0 Å². The Morgan fingerprint density at radius 3 is 2.75 bits per heavy atom.